The minimum absolute atomic E-state index is 0.0162. The minimum Gasteiger partial charge on any atom is -0.481 e. The van der Waals surface area contributed by atoms with Crippen LogP contribution in [0, 0.1) is 50.2 Å². The molecule has 1 amide bonds. The standard InChI is InChI=1S/C37H54N2O5S2/c1-9-24-29(41)39(31(45)46-24)21-28(40)44-38-27-13-14-34(6)25(33(27,4)5)12-15-36(8)26(34)11-10-22-23-20-32(2,3)16-18-37(23,30(42)43)19-17-35(22,36)7/h10,23-26H,9,11-21H2,1-8H3,(H,42,43)/b38-27-/t23-,24-,25-,26-,34+,35-,36-,37+/m1/s1. The van der Waals surface area contributed by atoms with Crippen molar-refractivity contribution in [1.82, 2.24) is 4.90 Å². The molecule has 0 unspecified atom stereocenters. The Kier molecular flexibility index (Phi) is 8.27. The van der Waals surface area contributed by atoms with Gasteiger partial charge in [-0.2, -0.15) is 0 Å². The highest BCUT2D eigenvalue weighted by atomic mass is 32.2. The normalized spacial score (nSPS) is 43.6. The van der Waals surface area contributed by atoms with Crippen molar-refractivity contribution in [3.8, 4) is 0 Å². The fraction of sp³-hybridized carbons (Fsp3) is 0.811. The van der Waals surface area contributed by atoms with Gasteiger partial charge in [-0.1, -0.05) is 96.2 Å². The highest BCUT2D eigenvalue weighted by Crippen LogP contribution is 2.75. The molecule has 0 aromatic carbocycles. The van der Waals surface area contributed by atoms with E-state index in [9.17, 15) is 19.5 Å². The molecule has 1 N–H and O–H groups in total. The Balaban J connectivity index is 1.24. The summed E-state index contributed by atoms with van der Waals surface area (Å²) in [5, 5.41) is 14.9. The molecule has 0 aromatic heterocycles. The first-order valence-corrected chi connectivity index (χ1v) is 18.9. The SMILES string of the molecule is CC[C@H]1SC(=S)N(CC(=O)O/N=C2/CC[C@@]3(C)[C@H](CC[C@]4(C)[C@@H]3CC=C3[C@H]5CC(C)(C)CC[C@]5(C(=O)O)CC[C@]34C)C2(C)C)C1=O. The van der Waals surface area contributed by atoms with Crippen LogP contribution in [0.25, 0.3) is 0 Å². The third kappa shape index (κ3) is 4.81. The van der Waals surface area contributed by atoms with Crippen LogP contribution >= 0.6 is 24.0 Å². The van der Waals surface area contributed by atoms with E-state index in [0.717, 1.165) is 69.9 Å². The zero-order valence-corrected chi connectivity index (χ0v) is 30.8. The van der Waals surface area contributed by atoms with Crippen LogP contribution in [0.3, 0.4) is 0 Å². The van der Waals surface area contributed by atoms with E-state index in [1.807, 2.05) is 6.92 Å². The number of hydrogen-bond donors (Lipinski definition) is 1. The summed E-state index contributed by atoms with van der Waals surface area (Å²) in [6.45, 7) is 18.5. The average molecular weight is 671 g/mol. The number of fused-ring (bicyclic) bond motifs is 7. The fourth-order valence-electron chi connectivity index (χ4n) is 11.8. The van der Waals surface area contributed by atoms with Crippen molar-refractivity contribution in [3.63, 3.8) is 0 Å². The van der Waals surface area contributed by atoms with Crippen LogP contribution in [0.4, 0.5) is 0 Å². The second kappa shape index (κ2) is 11.1. The molecule has 5 fully saturated rings. The number of thioether (sulfide) groups is 1. The number of amides is 1. The van der Waals surface area contributed by atoms with Crippen LogP contribution < -0.4 is 0 Å². The maximum atomic E-state index is 12.9. The van der Waals surface area contributed by atoms with E-state index >= 15 is 0 Å². The van der Waals surface area contributed by atoms with Crippen LogP contribution in [-0.4, -0.2) is 49.7 Å². The molecular weight excluding hydrogens is 617 g/mol. The molecule has 1 saturated heterocycles. The van der Waals surface area contributed by atoms with Gasteiger partial charge in [-0.15, -0.1) is 0 Å². The van der Waals surface area contributed by atoms with Crippen LogP contribution in [0.15, 0.2) is 16.8 Å². The molecular formula is C37H54N2O5S2. The molecule has 4 saturated carbocycles. The lowest BCUT2D eigenvalue weighted by Crippen LogP contribution is -2.64. The Hall–Kier alpha value is -1.74. The molecule has 6 aliphatic rings. The third-order valence-electron chi connectivity index (χ3n) is 14.8. The molecule has 0 radical (unpaired) electrons. The molecule has 1 heterocycles. The number of oxime groups is 1. The quantitative estimate of drug-likeness (QED) is 0.136. The van der Waals surface area contributed by atoms with E-state index in [1.54, 1.807) is 0 Å². The zero-order valence-electron chi connectivity index (χ0n) is 29.2. The van der Waals surface area contributed by atoms with E-state index in [0.29, 0.717) is 22.6 Å². The number of carboxylic acid groups (broad SMARTS) is 1. The summed E-state index contributed by atoms with van der Waals surface area (Å²) in [6, 6.07) is 0. The van der Waals surface area contributed by atoms with Crippen molar-refractivity contribution in [1.29, 1.82) is 0 Å². The Bertz CT molecular complexity index is 1420. The van der Waals surface area contributed by atoms with Gasteiger partial charge in [0.1, 0.15) is 10.9 Å². The number of rotatable bonds is 5. The number of aliphatic carboxylic acids is 1. The van der Waals surface area contributed by atoms with E-state index in [4.69, 9.17) is 17.1 Å². The molecule has 1 aliphatic heterocycles. The van der Waals surface area contributed by atoms with Gasteiger partial charge < -0.3 is 9.94 Å². The van der Waals surface area contributed by atoms with Gasteiger partial charge in [0.25, 0.3) is 0 Å². The second-order valence-electron chi connectivity index (χ2n) is 17.6. The average Bonchev–Trinajstić information content (AvgIpc) is 3.24. The first kappa shape index (κ1) is 34.1. The van der Waals surface area contributed by atoms with Crippen molar-refractivity contribution in [3.05, 3.63) is 11.6 Å². The first-order valence-electron chi connectivity index (χ1n) is 17.6. The summed E-state index contributed by atoms with van der Waals surface area (Å²) >= 11 is 6.69. The van der Waals surface area contributed by atoms with Gasteiger partial charge in [0.15, 0.2) is 0 Å². The molecule has 5 aliphatic carbocycles. The Labute approximate surface area is 285 Å². The van der Waals surface area contributed by atoms with E-state index in [-0.39, 0.29) is 50.7 Å². The summed E-state index contributed by atoms with van der Waals surface area (Å²) in [4.78, 5) is 45.3. The molecule has 46 heavy (non-hydrogen) atoms. The lowest BCUT2D eigenvalue weighted by Gasteiger charge is -2.70. The summed E-state index contributed by atoms with van der Waals surface area (Å²) in [5.41, 5.74) is 1.82. The van der Waals surface area contributed by atoms with Crippen molar-refractivity contribution < 1.29 is 24.3 Å². The highest BCUT2D eigenvalue weighted by Gasteiger charge is 2.69. The van der Waals surface area contributed by atoms with Crippen molar-refractivity contribution in [2.75, 3.05) is 6.54 Å². The van der Waals surface area contributed by atoms with Gasteiger partial charge >= 0.3 is 11.9 Å². The van der Waals surface area contributed by atoms with E-state index in [2.05, 4.69) is 59.7 Å². The number of carbonyl (C=O) groups excluding carboxylic acids is 2. The maximum Gasteiger partial charge on any atom is 0.354 e. The number of thiocarbonyl (C=S) groups is 1. The van der Waals surface area contributed by atoms with Gasteiger partial charge in [-0.25, -0.2) is 4.79 Å². The third-order valence-corrected chi connectivity index (χ3v) is 16.5. The Morgan fingerprint density at radius 2 is 1.74 bits per heavy atom. The van der Waals surface area contributed by atoms with E-state index < -0.39 is 17.4 Å². The molecule has 7 nitrogen and oxygen atoms in total. The minimum atomic E-state index is -0.621. The van der Waals surface area contributed by atoms with Gasteiger partial charge in [0.05, 0.1) is 16.4 Å². The predicted octanol–water partition coefficient (Wildman–Crippen LogP) is 8.41. The van der Waals surface area contributed by atoms with Crippen molar-refractivity contribution in [2.45, 2.75) is 131 Å². The number of carboxylic acids is 1. The van der Waals surface area contributed by atoms with Gasteiger partial charge in [-0.3, -0.25) is 14.5 Å². The topological polar surface area (TPSA) is 96.3 Å². The fourth-order valence-corrected chi connectivity index (χ4v) is 13.2. The van der Waals surface area contributed by atoms with Crippen LogP contribution in [0.1, 0.15) is 126 Å². The van der Waals surface area contributed by atoms with Crippen molar-refractivity contribution in [2.24, 2.45) is 55.4 Å². The summed E-state index contributed by atoms with van der Waals surface area (Å²) in [6.07, 6.45) is 12.6. The van der Waals surface area contributed by atoms with Gasteiger partial charge in [0, 0.05) is 5.41 Å². The van der Waals surface area contributed by atoms with Crippen LogP contribution in [0.2, 0.25) is 0 Å². The monoisotopic (exact) mass is 670 g/mol. The van der Waals surface area contributed by atoms with Crippen LogP contribution in [-0.2, 0) is 19.2 Å². The summed E-state index contributed by atoms with van der Waals surface area (Å²) in [5.74, 6) is -0.288. The lowest BCUT2D eigenvalue weighted by atomic mass is 9.33. The molecule has 6 rings (SSSR count). The zero-order chi connectivity index (χ0) is 33.7. The van der Waals surface area contributed by atoms with Crippen molar-refractivity contribution >= 4 is 51.9 Å². The number of nitrogens with zero attached hydrogens (tertiary/aromatic N) is 2. The highest BCUT2D eigenvalue weighted by molar-refractivity contribution is 8.24. The largest absolute Gasteiger partial charge is 0.481 e. The lowest BCUT2D eigenvalue weighted by molar-refractivity contribution is -0.179. The van der Waals surface area contributed by atoms with Crippen LogP contribution in [0.5, 0.6) is 0 Å². The molecule has 0 aromatic rings. The molecule has 0 bridgehead atoms. The van der Waals surface area contributed by atoms with Gasteiger partial charge in [-0.05, 0) is 110 Å². The van der Waals surface area contributed by atoms with E-state index in [1.165, 1.54) is 22.2 Å². The second-order valence-corrected chi connectivity index (χ2v) is 19.4. The van der Waals surface area contributed by atoms with Gasteiger partial charge in [0.2, 0.25) is 5.91 Å². The Morgan fingerprint density at radius 3 is 2.39 bits per heavy atom. The molecule has 254 valence electrons. The maximum absolute atomic E-state index is 12.9. The number of hydrogen-bond acceptors (Lipinski definition) is 7. The smallest absolute Gasteiger partial charge is 0.354 e. The number of carbonyl (C=O) groups is 3. The summed E-state index contributed by atoms with van der Waals surface area (Å²) in [7, 11) is 0. The Morgan fingerprint density at radius 1 is 1.04 bits per heavy atom. The molecule has 8 atom stereocenters. The molecule has 9 heteroatoms. The summed E-state index contributed by atoms with van der Waals surface area (Å²) < 4.78 is 0.428. The molecule has 0 spiro atoms. The number of allylic oxidation sites excluding steroid dienone is 2. The predicted molar refractivity (Wildman–Crippen MR) is 186 cm³/mol. The first-order chi connectivity index (χ1) is 21.4.